The molecule has 0 saturated carbocycles. The van der Waals surface area contributed by atoms with Gasteiger partial charge in [0.05, 0.1) is 22.2 Å². The lowest BCUT2D eigenvalue weighted by molar-refractivity contribution is -0.135. The van der Waals surface area contributed by atoms with E-state index >= 15 is 0 Å². The lowest BCUT2D eigenvalue weighted by Gasteiger charge is -2.33. The van der Waals surface area contributed by atoms with Gasteiger partial charge < -0.3 is 25.5 Å². The average Bonchev–Trinajstić information content (AvgIpc) is 3.01. The zero-order valence-corrected chi connectivity index (χ0v) is 24.3. The molecule has 1 atom stereocenters. The molecule has 0 radical (unpaired) electrons. The Kier molecular flexibility index (Phi) is 9.71. The molecular formula is C32H36ClN5O4. The predicted octanol–water partition coefficient (Wildman–Crippen LogP) is 5.53. The molecule has 2 fully saturated rings. The molecule has 2 aliphatic rings. The third kappa shape index (κ3) is 7.27. The molecule has 2 saturated heterocycles. The summed E-state index contributed by atoms with van der Waals surface area (Å²) < 4.78 is 0. The Morgan fingerprint density at radius 1 is 0.905 bits per heavy atom. The fraction of sp³-hybridized carbons (Fsp3) is 0.375. The van der Waals surface area contributed by atoms with Crippen molar-refractivity contribution in [1.29, 1.82) is 0 Å². The molecule has 1 unspecified atom stereocenters. The molecule has 2 aromatic carbocycles. The van der Waals surface area contributed by atoms with Gasteiger partial charge in [0, 0.05) is 24.8 Å². The Hall–Kier alpha value is -3.95. The lowest BCUT2D eigenvalue weighted by Crippen LogP contribution is -2.42. The number of phenolic OH excluding ortho intramolecular Hbond substituents is 1. The van der Waals surface area contributed by atoms with E-state index in [4.69, 9.17) is 11.6 Å². The first-order chi connectivity index (χ1) is 20.4. The van der Waals surface area contributed by atoms with Crippen molar-refractivity contribution < 1.29 is 19.5 Å². The summed E-state index contributed by atoms with van der Waals surface area (Å²) in [5.74, 6) is -1.08. The van der Waals surface area contributed by atoms with E-state index in [1.54, 1.807) is 24.3 Å². The second kappa shape index (κ2) is 13.8. The molecule has 0 bridgehead atoms. The number of benzene rings is 2. The van der Waals surface area contributed by atoms with Crippen LogP contribution in [0.5, 0.6) is 5.75 Å². The van der Waals surface area contributed by atoms with Crippen LogP contribution in [0.4, 0.5) is 11.5 Å². The Morgan fingerprint density at radius 2 is 1.69 bits per heavy atom. The number of nitrogens with zero attached hydrogens (tertiary/aromatic N) is 3. The second-order valence-corrected chi connectivity index (χ2v) is 11.3. The number of halogens is 1. The first kappa shape index (κ1) is 29.5. The van der Waals surface area contributed by atoms with Crippen LogP contribution in [-0.2, 0) is 4.79 Å². The number of aromatic nitrogens is 1. The number of aromatic hydroxyl groups is 1. The minimum atomic E-state index is -0.553. The smallest absolute Gasteiger partial charge is 0.259 e. The third-order valence-electron chi connectivity index (χ3n) is 7.95. The van der Waals surface area contributed by atoms with Crippen molar-refractivity contribution in [1.82, 2.24) is 14.8 Å². The Labute approximate surface area is 250 Å². The van der Waals surface area contributed by atoms with Crippen LogP contribution in [0.2, 0.25) is 5.02 Å². The summed E-state index contributed by atoms with van der Waals surface area (Å²) in [4.78, 5) is 47.9. The number of para-hydroxylation sites is 1. The Morgan fingerprint density at radius 3 is 2.43 bits per heavy atom. The number of carbonyl (C=O) groups is 3. The van der Waals surface area contributed by atoms with Gasteiger partial charge >= 0.3 is 0 Å². The van der Waals surface area contributed by atoms with Crippen molar-refractivity contribution in [3.8, 4) is 5.75 Å². The number of phenols is 1. The SMILES string of the molecule is O=C(Nc1c(O)cccc1C(=O)Nc1ccc(Cl)cn1)c1ccc(C2CCCN(CCCN3CCCCC3)C2=O)cc1. The highest BCUT2D eigenvalue weighted by Crippen LogP contribution is 2.31. The number of nitrogens with one attached hydrogen (secondary N) is 2. The highest BCUT2D eigenvalue weighted by Gasteiger charge is 2.30. The average molecular weight is 590 g/mol. The van der Waals surface area contributed by atoms with Crippen LogP contribution in [-0.4, -0.2) is 70.3 Å². The molecule has 42 heavy (non-hydrogen) atoms. The Bertz CT molecular complexity index is 1410. The van der Waals surface area contributed by atoms with Crippen LogP contribution in [0.15, 0.2) is 60.8 Å². The van der Waals surface area contributed by atoms with E-state index in [-0.39, 0.29) is 34.6 Å². The zero-order chi connectivity index (χ0) is 29.5. The number of carbonyl (C=O) groups excluding carboxylic acids is 3. The van der Waals surface area contributed by atoms with E-state index in [0.717, 1.165) is 57.5 Å². The van der Waals surface area contributed by atoms with Crippen LogP contribution in [0.25, 0.3) is 0 Å². The number of hydrogen-bond acceptors (Lipinski definition) is 6. The van der Waals surface area contributed by atoms with Crippen LogP contribution in [0.3, 0.4) is 0 Å². The summed E-state index contributed by atoms with van der Waals surface area (Å²) in [6, 6.07) is 14.5. The topological polar surface area (TPSA) is 115 Å². The minimum Gasteiger partial charge on any atom is -0.506 e. The summed E-state index contributed by atoms with van der Waals surface area (Å²) >= 11 is 5.86. The molecule has 0 aliphatic carbocycles. The fourth-order valence-corrected chi connectivity index (χ4v) is 5.80. The molecule has 5 rings (SSSR count). The van der Waals surface area contributed by atoms with Gasteiger partial charge in [-0.2, -0.15) is 0 Å². The van der Waals surface area contributed by atoms with Crippen LogP contribution in [0, 0.1) is 0 Å². The molecular weight excluding hydrogens is 554 g/mol. The third-order valence-corrected chi connectivity index (χ3v) is 8.18. The number of amides is 3. The van der Waals surface area contributed by atoms with Gasteiger partial charge in [-0.25, -0.2) is 4.98 Å². The van der Waals surface area contributed by atoms with E-state index in [9.17, 15) is 19.5 Å². The number of piperidine rings is 2. The van der Waals surface area contributed by atoms with Crippen molar-refractivity contribution in [3.05, 3.63) is 82.5 Å². The largest absolute Gasteiger partial charge is 0.506 e. The van der Waals surface area contributed by atoms with E-state index in [0.29, 0.717) is 10.6 Å². The molecule has 3 heterocycles. The van der Waals surface area contributed by atoms with E-state index < -0.39 is 11.8 Å². The summed E-state index contributed by atoms with van der Waals surface area (Å²) in [6.45, 7) is 4.93. The molecule has 1 aromatic heterocycles. The number of likely N-dealkylation sites (tertiary alicyclic amines) is 2. The van der Waals surface area contributed by atoms with Crippen LogP contribution in [0.1, 0.15) is 70.7 Å². The van der Waals surface area contributed by atoms with Crippen LogP contribution < -0.4 is 10.6 Å². The summed E-state index contributed by atoms with van der Waals surface area (Å²) in [7, 11) is 0. The summed E-state index contributed by atoms with van der Waals surface area (Å²) in [6.07, 6.45) is 7.98. The number of hydrogen-bond donors (Lipinski definition) is 3. The maximum Gasteiger partial charge on any atom is 0.259 e. The van der Waals surface area contributed by atoms with Gasteiger partial charge in [0.1, 0.15) is 11.6 Å². The molecule has 3 aromatic rings. The first-order valence-corrected chi connectivity index (χ1v) is 14.9. The fourth-order valence-electron chi connectivity index (χ4n) is 5.69. The van der Waals surface area contributed by atoms with Gasteiger partial charge in [0.2, 0.25) is 5.91 Å². The Balaban J connectivity index is 1.21. The molecule has 3 amide bonds. The van der Waals surface area contributed by atoms with Gasteiger partial charge in [-0.15, -0.1) is 0 Å². The maximum absolute atomic E-state index is 13.3. The van der Waals surface area contributed by atoms with Gasteiger partial charge in [0.25, 0.3) is 11.8 Å². The molecule has 3 N–H and O–H groups in total. The monoisotopic (exact) mass is 589 g/mol. The van der Waals surface area contributed by atoms with Gasteiger partial charge in [-0.1, -0.05) is 36.2 Å². The van der Waals surface area contributed by atoms with Crippen molar-refractivity contribution in [2.75, 3.05) is 43.4 Å². The number of pyridine rings is 1. The predicted molar refractivity (Wildman–Crippen MR) is 163 cm³/mol. The first-order valence-electron chi connectivity index (χ1n) is 14.6. The maximum atomic E-state index is 13.3. The van der Waals surface area contributed by atoms with E-state index in [2.05, 4.69) is 20.5 Å². The molecule has 10 heteroatoms. The normalized spacial score (nSPS) is 17.6. The summed E-state index contributed by atoms with van der Waals surface area (Å²) in [5.41, 5.74) is 1.29. The number of anilines is 2. The van der Waals surface area contributed by atoms with Crippen LogP contribution >= 0.6 is 11.6 Å². The van der Waals surface area contributed by atoms with Crippen molar-refractivity contribution in [2.24, 2.45) is 0 Å². The van der Waals surface area contributed by atoms with Crippen molar-refractivity contribution in [2.45, 2.75) is 44.4 Å². The lowest BCUT2D eigenvalue weighted by atomic mass is 9.89. The molecule has 2 aliphatic heterocycles. The highest BCUT2D eigenvalue weighted by atomic mass is 35.5. The van der Waals surface area contributed by atoms with Gasteiger partial charge in [0.15, 0.2) is 0 Å². The highest BCUT2D eigenvalue weighted by molar-refractivity contribution is 6.30. The van der Waals surface area contributed by atoms with Gasteiger partial charge in [-0.3, -0.25) is 14.4 Å². The second-order valence-electron chi connectivity index (χ2n) is 10.9. The number of rotatable bonds is 9. The van der Waals surface area contributed by atoms with Crippen molar-refractivity contribution >= 4 is 40.8 Å². The van der Waals surface area contributed by atoms with Gasteiger partial charge in [-0.05, 0) is 93.7 Å². The quantitative estimate of drug-likeness (QED) is 0.283. The standard InChI is InChI=1S/C32H36ClN5O4/c33-24-14-15-28(34-21-24)35-31(41)26-7-4-9-27(39)29(26)36-30(40)23-12-10-22(11-13-23)25-8-5-19-38(32(25)42)20-6-18-37-16-2-1-3-17-37/h4,7,9-15,21,25,39H,1-3,5-6,8,16-20H2,(H,36,40)(H,34,35,41). The van der Waals surface area contributed by atoms with E-state index in [1.165, 1.54) is 43.7 Å². The molecule has 0 spiro atoms. The molecule has 9 nitrogen and oxygen atoms in total. The van der Waals surface area contributed by atoms with Crippen molar-refractivity contribution in [3.63, 3.8) is 0 Å². The molecule has 220 valence electrons. The van der Waals surface area contributed by atoms with E-state index in [1.807, 2.05) is 17.0 Å². The summed E-state index contributed by atoms with van der Waals surface area (Å²) in [5, 5.41) is 16.2. The minimum absolute atomic E-state index is 0.0132. The zero-order valence-electron chi connectivity index (χ0n) is 23.5.